The first-order valence-electron chi connectivity index (χ1n) is 10.2. The third kappa shape index (κ3) is 5.40. The smallest absolute Gasteiger partial charge is 0.223 e. The summed E-state index contributed by atoms with van der Waals surface area (Å²) in [6, 6.07) is 9.09. The monoisotopic (exact) mass is 396 g/mol. The molecule has 1 aliphatic heterocycles. The van der Waals surface area contributed by atoms with Gasteiger partial charge in [-0.25, -0.2) is 4.98 Å². The molecule has 1 amide bonds. The lowest BCUT2D eigenvalue weighted by molar-refractivity contribution is -0.132. The molecule has 0 saturated carbocycles. The van der Waals surface area contributed by atoms with Crippen LogP contribution in [0, 0.1) is 12.3 Å². The minimum Gasteiger partial charge on any atom is -0.355 e. The zero-order valence-electron chi connectivity index (χ0n) is 17.8. The number of carbonyl (C=O) groups excluding carboxylic acids is 2. The number of aryl methyl sites for hydroxylation is 1. The Kier molecular flexibility index (Phi) is 6.30. The molecule has 3 heterocycles. The minimum absolute atomic E-state index is 0. The normalized spacial score (nSPS) is 15.2. The molecule has 6 nitrogen and oxygen atoms in total. The van der Waals surface area contributed by atoms with Crippen molar-refractivity contribution < 1.29 is 11.0 Å². The van der Waals surface area contributed by atoms with E-state index < -0.39 is 0 Å². The molecule has 2 aromatic heterocycles. The fourth-order valence-electron chi connectivity index (χ4n) is 3.55. The summed E-state index contributed by atoms with van der Waals surface area (Å²) in [5.41, 5.74) is 1.69. The Morgan fingerprint density at radius 3 is 2.59 bits per heavy atom. The third-order valence-electron chi connectivity index (χ3n) is 5.07. The van der Waals surface area contributed by atoms with E-state index in [9.17, 15) is 9.59 Å². The van der Waals surface area contributed by atoms with Crippen LogP contribution in [0.15, 0.2) is 36.5 Å². The largest absolute Gasteiger partial charge is 0.355 e. The maximum Gasteiger partial charge on any atom is 0.223 e. The number of ketones is 1. The summed E-state index contributed by atoms with van der Waals surface area (Å²) < 4.78 is 0. The van der Waals surface area contributed by atoms with Crippen LogP contribution in [-0.4, -0.2) is 52.7 Å². The molecule has 0 unspecified atom stereocenters. The van der Waals surface area contributed by atoms with Crippen molar-refractivity contribution in [3.63, 3.8) is 0 Å². The van der Waals surface area contributed by atoms with E-state index >= 15 is 0 Å². The highest BCUT2D eigenvalue weighted by molar-refractivity contribution is 6.08. The van der Waals surface area contributed by atoms with Crippen molar-refractivity contribution in [1.29, 1.82) is 0 Å². The van der Waals surface area contributed by atoms with Crippen molar-refractivity contribution >= 4 is 17.5 Å². The molecule has 3 rings (SSSR count). The van der Waals surface area contributed by atoms with Gasteiger partial charge in [0.25, 0.3) is 0 Å². The predicted molar refractivity (Wildman–Crippen MR) is 116 cm³/mol. The molecule has 0 aromatic carbocycles. The standard InChI is InChI=1S/C23H30N4O2.H2/c1-17-18(8-6-11-24-17)22(29)19-9-5-10-20(25-19)26-12-7-13-27(15-14-26)21(28)16-23(2,3)4;/h5-6,8-11H,7,12-16H2,1-4H3;1H. The van der Waals surface area contributed by atoms with Crippen molar-refractivity contribution in [2.45, 2.75) is 40.5 Å². The Labute approximate surface area is 174 Å². The van der Waals surface area contributed by atoms with E-state index in [-0.39, 0.29) is 18.5 Å². The molecule has 29 heavy (non-hydrogen) atoms. The first kappa shape index (κ1) is 21.0. The molecule has 0 spiro atoms. The maximum atomic E-state index is 12.9. The van der Waals surface area contributed by atoms with Gasteiger partial charge in [0.05, 0.1) is 0 Å². The zero-order chi connectivity index (χ0) is 21.0. The summed E-state index contributed by atoms with van der Waals surface area (Å²) >= 11 is 0. The number of anilines is 1. The molecule has 0 radical (unpaired) electrons. The Balaban J connectivity index is 0.00000320. The van der Waals surface area contributed by atoms with Gasteiger partial charge in [-0.3, -0.25) is 14.6 Å². The van der Waals surface area contributed by atoms with Gasteiger partial charge in [-0.1, -0.05) is 26.8 Å². The molecule has 1 aliphatic rings. The molecular formula is C23H32N4O2. The topological polar surface area (TPSA) is 66.4 Å². The summed E-state index contributed by atoms with van der Waals surface area (Å²) in [5, 5.41) is 0. The van der Waals surface area contributed by atoms with Gasteiger partial charge in [-0.05, 0) is 43.0 Å². The molecule has 2 aromatic rings. The molecule has 0 N–H and O–H groups in total. The lowest BCUT2D eigenvalue weighted by Gasteiger charge is -2.26. The Morgan fingerprint density at radius 2 is 1.86 bits per heavy atom. The minimum atomic E-state index is -0.116. The van der Waals surface area contributed by atoms with Crippen molar-refractivity contribution in [1.82, 2.24) is 14.9 Å². The summed E-state index contributed by atoms with van der Waals surface area (Å²) in [6.45, 7) is 11.1. The SMILES string of the molecule is Cc1ncccc1C(=O)c1cccc(N2CCCN(C(=O)CC(C)(C)C)CC2)n1.[HH]. The van der Waals surface area contributed by atoms with Gasteiger partial charge in [0.2, 0.25) is 11.7 Å². The van der Waals surface area contributed by atoms with Crippen molar-refractivity contribution in [3.05, 3.63) is 53.5 Å². The van der Waals surface area contributed by atoms with Crippen LogP contribution < -0.4 is 4.90 Å². The molecule has 156 valence electrons. The fourth-order valence-corrected chi connectivity index (χ4v) is 3.55. The lowest BCUT2D eigenvalue weighted by atomic mass is 9.91. The van der Waals surface area contributed by atoms with Gasteiger partial charge in [0.15, 0.2) is 0 Å². The highest BCUT2D eigenvalue weighted by atomic mass is 16.2. The number of hydrogen-bond donors (Lipinski definition) is 0. The van der Waals surface area contributed by atoms with Gasteiger partial charge in [0.1, 0.15) is 11.5 Å². The van der Waals surface area contributed by atoms with E-state index in [1.165, 1.54) is 0 Å². The number of hydrogen-bond acceptors (Lipinski definition) is 5. The van der Waals surface area contributed by atoms with E-state index in [1.807, 2.05) is 24.0 Å². The van der Waals surface area contributed by atoms with Gasteiger partial charge in [-0.15, -0.1) is 0 Å². The second kappa shape index (κ2) is 8.72. The second-order valence-corrected chi connectivity index (χ2v) is 8.81. The zero-order valence-corrected chi connectivity index (χ0v) is 17.8. The maximum absolute atomic E-state index is 12.9. The van der Waals surface area contributed by atoms with Crippen molar-refractivity contribution in [3.8, 4) is 0 Å². The molecule has 0 atom stereocenters. The Hall–Kier alpha value is -2.76. The van der Waals surface area contributed by atoms with Crippen LogP contribution in [0.4, 0.5) is 5.82 Å². The Morgan fingerprint density at radius 1 is 1.07 bits per heavy atom. The number of aromatic nitrogens is 2. The van der Waals surface area contributed by atoms with E-state index in [0.29, 0.717) is 36.5 Å². The first-order valence-corrected chi connectivity index (χ1v) is 10.2. The number of pyridine rings is 2. The van der Waals surface area contributed by atoms with Crippen LogP contribution in [0.1, 0.15) is 56.8 Å². The van der Waals surface area contributed by atoms with Crippen molar-refractivity contribution in [2.75, 3.05) is 31.1 Å². The first-order chi connectivity index (χ1) is 13.7. The van der Waals surface area contributed by atoms with E-state index in [1.54, 1.807) is 24.4 Å². The van der Waals surface area contributed by atoms with E-state index in [2.05, 4.69) is 35.6 Å². The van der Waals surface area contributed by atoms with E-state index in [4.69, 9.17) is 0 Å². The summed E-state index contributed by atoms with van der Waals surface area (Å²) in [6.07, 6.45) is 3.12. The number of nitrogens with zero attached hydrogens (tertiary/aromatic N) is 4. The summed E-state index contributed by atoms with van der Waals surface area (Å²) in [5.74, 6) is 0.875. The van der Waals surface area contributed by atoms with Crippen LogP contribution in [-0.2, 0) is 4.79 Å². The lowest BCUT2D eigenvalue weighted by Crippen LogP contribution is -2.37. The molecular weight excluding hydrogens is 364 g/mol. The molecule has 0 bridgehead atoms. The summed E-state index contributed by atoms with van der Waals surface area (Å²) in [7, 11) is 0. The number of rotatable bonds is 4. The predicted octanol–water partition coefficient (Wildman–Crippen LogP) is 3.74. The second-order valence-electron chi connectivity index (χ2n) is 8.81. The quantitative estimate of drug-likeness (QED) is 0.737. The molecule has 6 heteroatoms. The van der Waals surface area contributed by atoms with Gasteiger partial charge in [0, 0.05) is 51.5 Å². The fraction of sp³-hybridized carbons (Fsp3) is 0.478. The van der Waals surface area contributed by atoms with Crippen molar-refractivity contribution in [2.24, 2.45) is 5.41 Å². The van der Waals surface area contributed by atoms with Crippen LogP contribution in [0.25, 0.3) is 0 Å². The van der Waals surface area contributed by atoms with Crippen LogP contribution in [0.5, 0.6) is 0 Å². The average Bonchev–Trinajstić information content (AvgIpc) is 2.93. The highest BCUT2D eigenvalue weighted by Crippen LogP contribution is 2.22. The molecule has 1 saturated heterocycles. The number of carbonyl (C=O) groups is 2. The molecule has 1 fully saturated rings. The third-order valence-corrected chi connectivity index (χ3v) is 5.07. The highest BCUT2D eigenvalue weighted by Gasteiger charge is 2.24. The van der Waals surface area contributed by atoms with Crippen LogP contribution >= 0.6 is 0 Å². The number of amides is 1. The van der Waals surface area contributed by atoms with Gasteiger partial charge < -0.3 is 9.80 Å². The summed E-state index contributed by atoms with van der Waals surface area (Å²) in [4.78, 5) is 38.4. The van der Waals surface area contributed by atoms with Crippen LogP contribution in [0.3, 0.4) is 0 Å². The molecule has 0 aliphatic carbocycles. The van der Waals surface area contributed by atoms with Gasteiger partial charge in [-0.2, -0.15) is 0 Å². The van der Waals surface area contributed by atoms with E-state index in [0.717, 1.165) is 25.3 Å². The van der Waals surface area contributed by atoms with Gasteiger partial charge >= 0.3 is 0 Å². The van der Waals surface area contributed by atoms with Crippen LogP contribution in [0.2, 0.25) is 0 Å². The Bertz CT molecular complexity index is 895. The average molecular weight is 397 g/mol.